The zero-order valence-corrected chi connectivity index (χ0v) is 18.4. The van der Waals surface area contributed by atoms with Gasteiger partial charge in [0.1, 0.15) is 12.4 Å². The molecule has 1 N–H and O–H groups in total. The number of nitrogens with zero attached hydrogens (tertiary/aromatic N) is 2. The molecule has 1 aromatic heterocycles. The van der Waals surface area contributed by atoms with Crippen LogP contribution in [0.5, 0.6) is 0 Å². The third-order valence-corrected chi connectivity index (χ3v) is 5.54. The van der Waals surface area contributed by atoms with Crippen molar-refractivity contribution in [1.82, 2.24) is 14.9 Å². The van der Waals surface area contributed by atoms with Gasteiger partial charge in [0, 0.05) is 12.1 Å². The molecule has 0 saturated heterocycles. The third-order valence-electron chi connectivity index (χ3n) is 5.54. The highest BCUT2D eigenvalue weighted by Crippen LogP contribution is 2.28. The SMILES string of the molecule is CC(C)(C)c1ccc(-c2nc3ccccc3n2CC(=O)NCCc2ccccc2)cc1. The number of rotatable bonds is 6. The molecule has 0 radical (unpaired) electrons. The molecule has 158 valence electrons. The van der Waals surface area contributed by atoms with Crippen LogP contribution in [0.3, 0.4) is 0 Å². The molecule has 0 aliphatic heterocycles. The maximum absolute atomic E-state index is 12.8. The largest absolute Gasteiger partial charge is 0.354 e. The molecule has 0 spiro atoms. The van der Waals surface area contributed by atoms with Crippen LogP contribution in [0.2, 0.25) is 0 Å². The molecule has 1 heterocycles. The predicted octanol–water partition coefficient (Wildman–Crippen LogP) is 5.36. The lowest BCUT2D eigenvalue weighted by molar-refractivity contribution is -0.121. The summed E-state index contributed by atoms with van der Waals surface area (Å²) in [7, 11) is 0. The fourth-order valence-electron chi connectivity index (χ4n) is 3.77. The van der Waals surface area contributed by atoms with Gasteiger partial charge >= 0.3 is 0 Å². The maximum atomic E-state index is 12.8. The number of hydrogen-bond donors (Lipinski definition) is 1. The highest BCUT2D eigenvalue weighted by molar-refractivity contribution is 5.84. The van der Waals surface area contributed by atoms with Crippen LogP contribution in [0.4, 0.5) is 0 Å². The lowest BCUT2D eigenvalue weighted by Crippen LogP contribution is -2.29. The van der Waals surface area contributed by atoms with Crippen molar-refractivity contribution in [3.05, 3.63) is 90.0 Å². The van der Waals surface area contributed by atoms with Gasteiger partial charge in [-0.2, -0.15) is 0 Å². The summed E-state index contributed by atoms with van der Waals surface area (Å²) in [5.74, 6) is 0.812. The second kappa shape index (κ2) is 8.76. The molecule has 0 aliphatic carbocycles. The van der Waals surface area contributed by atoms with E-state index in [1.165, 1.54) is 11.1 Å². The Morgan fingerprint density at radius 2 is 1.58 bits per heavy atom. The van der Waals surface area contributed by atoms with E-state index in [0.717, 1.165) is 28.8 Å². The topological polar surface area (TPSA) is 46.9 Å². The van der Waals surface area contributed by atoms with E-state index >= 15 is 0 Å². The summed E-state index contributed by atoms with van der Waals surface area (Å²) in [5.41, 5.74) is 5.47. The number of hydrogen-bond acceptors (Lipinski definition) is 2. The fraction of sp³-hybridized carbons (Fsp3) is 0.259. The Labute approximate surface area is 183 Å². The Bertz CT molecular complexity index is 1170. The van der Waals surface area contributed by atoms with Crippen LogP contribution in [0.1, 0.15) is 31.9 Å². The molecule has 31 heavy (non-hydrogen) atoms. The number of para-hydroxylation sites is 2. The van der Waals surface area contributed by atoms with Crippen LogP contribution < -0.4 is 5.32 Å². The Balaban J connectivity index is 1.56. The van der Waals surface area contributed by atoms with Gasteiger partial charge in [0.25, 0.3) is 0 Å². The molecule has 0 atom stereocenters. The van der Waals surface area contributed by atoms with Crippen LogP contribution in [0.15, 0.2) is 78.9 Å². The van der Waals surface area contributed by atoms with Gasteiger partial charge < -0.3 is 9.88 Å². The van der Waals surface area contributed by atoms with Crippen LogP contribution in [0, 0.1) is 0 Å². The van der Waals surface area contributed by atoms with E-state index in [0.29, 0.717) is 6.54 Å². The van der Waals surface area contributed by atoms with Gasteiger partial charge in [-0.05, 0) is 35.1 Å². The average molecular weight is 412 g/mol. The molecule has 0 aliphatic rings. The predicted molar refractivity (Wildman–Crippen MR) is 127 cm³/mol. The van der Waals surface area contributed by atoms with Crippen LogP contribution in [-0.4, -0.2) is 22.0 Å². The minimum absolute atomic E-state index is 0.00774. The Kier molecular flexibility index (Phi) is 5.90. The van der Waals surface area contributed by atoms with E-state index in [1.807, 2.05) is 47.0 Å². The van der Waals surface area contributed by atoms with Gasteiger partial charge in [-0.25, -0.2) is 4.98 Å². The normalized spacial score (nSPS) is 11.6. The minimum atomic E-state index is -0.00774. The number of carbonyl (C=O) groups is 1. The van der Waals surface area contributed by atoms with Gasteiger partial charge in [-0.15, -0.1) is 0 Å². The molecule has 0 bridgehead atoms. The smallest absolute Gasteiger partial charge is 0.240 e. The van der Waals surface area contributed by atoms with Crippen LogP contribution in [0.25, 0.3) is 22.4 Å². The zero-order valence-electron chi connectivity index (χ0n) is 18.4. The molecule has 4 nitrogen and oxygen atoms in total. The number of aromatic nitrogens is 2. The molecule has 4 heteroatoms. The van der Waals surface area contributed by atoms with Crippen molar-refractivity contribution in [2.45, 2.75) is 39.2 Å². The summed E-state index contributed by atoms with van der Waals surface area (Å²) in [5, 5.41) is 3.05. The van der Waals surface area contributed by atoms with E-state index in [9.17, 15) is 4.79 Å². The summed E-state index contributed by atoms with van der Waals surface area (Å²) < 4.78 is 2.01. The summed E-state index contributed by atoms with van der Waals surface area (Å²) in [6, 6.07) is 26.7. The highest BCUT2D eigenvalue weighted by Gasteiger charge is 2.17. The number of amides is 1. The van der Waals surface area contributed by atoms with Crippen molar-refractivity contribution in [3.63, 3.8) is 0 Å². The molecule has 4 rings (SSSR count). The first-order valence-electron chi connectivity index (χ1n) is 10.8. The number of carbonyl (C=O) groups excluding carboxylic acids is 1. The average Bonchev–Trinajstić information content (AvgIpc) is 3.12. The lowest BCUT2D eigenvalue weighted by Gasteiger charge is -2.19. The third kappa shape index (κ3) is 4.85. The minimum Gasteiger partial charge on any atom is -0.354 e. The first-order valence-corrected chi connectivity index (χ1v) is 10.8. The first kappa shape index (κ1) is 20.9. The van der Waals surface area contributed by atoms with Crippen molar-refractivity contribution in [2.24, 2.45) is 0 Å². The van der Waals surface area contributed by atoms with Gasteiger partial charge in [-0.3, -0.25) is 4.79 Å². The molecule has 0 fully saturated rings. The van der Waals surface area contributed by atoms with Gasteiger partial charge in [0.15, 0.2) is 0 Å². The molecular formula is C27H29N3O. The van der Waals surface area contributed by atoms with Crippen molar-refractivity contribution < 1.29 is 4.79 Å². The van der Waals surface area contributed by atoms with E-state index in [2.05, 4.69) is 62.5 Å². The van der Waals surface area contributed by atoms with Crippen molar-refractivity contribution in [2.75, 3.05) is 6.54 Å². The van der Waals surface area contributed by atoms with Crippen molar-refractivity contribution in [3.8, 4) is 11.4 Å². The summed E-state index contributed by atoms with van der Waals surface area (Å²) in [6.45, 7) is 7.47. The molecule has 1 amide bonds. The Hall–Kier alpha value is -3.40. The highest BCUT2D eigenvalue weighted by atomic mass is 16.1. The van der Waals surface area contributed by atoms with Crippen LogP contribution >= 0.6 is 0 Å². The molecule has 0 unspecified atom stereocenters. The van der Waals surface area contributed by atoms with E-state index in [1.54, 1.807) is 0 Å². The first-order chi connectivity index (χ1) is 14.9. The van der Waals surface area contributed by atoms with Crippen molar-refractivity contribution in [1.29, 1.82) is 0 Å². The quantitative estimate of drug-likeness (QED) is 0.464. The molecule has 3 aromatic carbocycles. The second-order valence-electron chi connectivity index (χ2n) is 8.92. The molecule has 4 aromatic rings. The van der Waals surface area contributed by atoms with Crippen molar-refractivity contribution >= 4 is 16.9 Å². The lowest BCUT2D eigenvalue weighted by atomic mass is 9.87. The Morgan fingerprint density at radius 1 is 0.903 bits per heavy atom. The summed E-state index contributed by atoms with van der Waals surface area (Å²) in [6.07, 6.45) is 0.818. The van der Waals surface area contributed by atoms with Crippen LogP contribution in [-0.2, 0) is 23.2 Å². The number of imidazole rings is 1. The monoisotopic (exact) mass is 411 g/mol. The van der Waals surface area contributed by atoms with E-state index in [-0.39, 0.29) is 17.9 Å². The van der Waals surface area contributed by atoms with Gasteiger partial charge in [0.05, 0.1) is 11.0 Å². The second-order valence-corrected chi connectivity index (χ2v) is 8.92. The summed E-state index contributed by atoms with van der Waals surface area (Å²) in [4.78, 5) is 17.6. The number of fused-ring (bicyclic) bond motifs is 1. The summed E-state index contributed by atoms with van der Waals surface area (Å²) >= 11 is 0. The number of benzene rings is 3. The van der Waals surface area contributed by atoms with E-state index < -0.39 is 0 Å². The van der Waals surface area contributed by atoms with Gasteiger partial charge in [0.2, 0.25) is 5.91 Å². The fourth-order valence-corrected chi connectivity index (χ4v) is 3.77. The molecule has 0 saturated carbocycles. The standard InChI is InChI=1S/C27H29N3O/c1-27(2,3)22-15-13-21(14-16-22)26-29-23-11-7-8-12-24(23)30(26)19-25(31)28-18-17-20-9-5-4-6-10-20/h4-16H,17-19H2,1-3H3,(H,28,31). The molecular weight excluding hydrogens is 382 g/mol. The van der Waals surface area contributed by atoms with Gasteiger partial charge in [-0.1, -0.05) is 87.5 Å². The number of nitrogens with one attached hydrogen (secondary N) is 1. The van der Waals surface area contributed by atoms with E-state index in [4.69, 9.17) is 4.98 Å². The zero-order chi connectivity index (χ0) is 21.8. The Morgan fingerprint density at radius 3 is 2.29 bits per heavy atom. The maximum Gasteiger partial charge on any atom is 0.240 e.